The molecule has 2 rings (SSSR count). The molecule has 5 nitrogen and oxygen atoms in total. The molecule has 1 aromatic carbocycles. The van der Waals surface area contributed by atoms with Crippen LogP contribution >= 0.6 is 15.9 Å². The zero-order valence-electron chi connectivity index (χ0n) is 10.3. The molecular formula is C12H14BrNO4S. The van der Waals surface area contributed by atoms with Crippen LogP contribution in [0.4, 0.5) is 5.69 Å². The Morgan fingerprint density at radius 3 is 2.84 bits per heavy atom. The second-order valence-corrected chi connectivity index (χ2v) is 7.42. The van der Waals surface area contributed by atoms with E-state index in [0.29, 0.717) is 21.5 Å². The number of carboxylic acids is 1. The number of anilines is 1. The molecule has 0 saturated carbocycles. The number of carbonyl (C=O) groups is 1. The number of sulfone groups is 1. The van der Waals surface area contributed by atoms with Gasteiger partial charge in [-0.2, -0.15) is 0 Å². The summed E-state index contributed by atoms with van der Waals surface area (Å²) in [6, 6.07) is 4.74. The van der Waals surface area contributed by atoms with E-state index in [-0.39, 0.29) is 18.2 Å². The lowest BCUT2D eigenvalue weighted by Crippen LogP contribution is -2.42. The van der Waals surface area contributed by atoms with E-state index in [4.69, 9.17) is 5.11 Å². The lowest BCUT2D eigenvalue weighted by atomic mass is 10.1. The number of hydrogen-bond acceptors (Lipinski definition) is 4. The van der Waals surface area contributed by atoms with Gasteiger partial charge in [0.2, 0.25) is 0 Å². The molecule has 1 aromatic rings. The summed E-state index contributed by atoms with van der Waals surface area (Å²) in [5, 5.41) is 8.73. The van der Waals surface area contributed by atoms with Gasteiger partial charge < -0.3 is 10.0 Å². The van der Waals surface area contributed by atoms with Crippen LogP contribution in [0.3, 0.4) is 0 Å². The standard InChI is InChI=1S/C12H14BrNO4S/c1-14-8(5-6-11(15)16)7-19(17,18)10-4-2-3-9(13)12(10)14/h2-4,8H,5-7H2,1H3,(H,15,16). The minimum absolute atomic E-state index is 0.0374. The SMILES string of the molecule is CN1c2c(Br)cccc2S(=O)(=O)CC1CCC(=O)O. The summed E-state index contributed by atoms with van der Waals surface area (Å²) in [5.41, 5.74) is 0.615. The molecule has 1 atom stereocenters. The largest absolute Gasteiger partial charge is 0.481 e. The quantitative estimate of drug-likeness (QED) is 0.903. The number of benzene rings is 1. The van der Waals surface area contributed by atoms with Gasteiger partial charge in [-0.15, -0.1) is 0 Å². The molecule has 1 N–H and O–H groups in total. The van der Waals surface area contributed by atoms with Crippen molar-refractivity contribution in [1.82, 2.24) is 0 Å². The molecule has 0 radical (unpaired) electrons. The van der Waals surface area contributed by atoms with Gasteiger partial charge >= 0.3 is 5.97 Å². The van der Waals surface area contributed by atoms with E-state index in [2.05, 4.69) is 15.9 Å². The fourth-order valence-corrected chi connectivity index (χ4v) is 4.98. The van der Waals surface area contributed by atoms with Crippen molar-refractivity contribution in [2.75, 3.05) is 17.7 Å². The molecule has 1 heterocycles. The number of hydrogen-bond donors (Lipinski definition) is 1. The Balaban J connectivity index is 2.42. The monoisotopic (exact) mass is 347 g/mol. The van der Waals surface area contributed by atoms with E-state index >= 15 is 0 Å². The molecule has 19 heavy (non-hydrogen) atoms. The zero-order chi connectivity index (χ0) is 14.2. The first kappa shape index (κ1) is 14.3. The van der Waals surface area contributed by atoms with Gasteiger partial charge in [0.1, 0.15) is 0 Å². The Morgan fingerprint density at radius 1 is 1.53 bits per heavy atom. The maximum atomic E-state index is 12.2. The Bertz CT molecular complexity index is 614. The van der Waals surface area contributed by atoms with Crippen molar-refractivity contribution >= 4 is 37.4 Å². The highest BCUT2D eigenvalue weighted by atomic mass is 79.9. The van der Waals surface area contributed by atoms with Crippen molar-refractivity contribution in [3.8, 4) is 0 Å². The number of aliphatic carboxylic acids is 1. The van der Waals surface area contributed by atoms with Crippen LogP contribution in [0.5, 0.6) is 0 Å². The minimum Gasteiger partial charge on any atom is -0.481 e. The maximum absolute atomic E-state index is 12.2. The minimum atomic E-state index is -3.36. The molecule has 0 aliphatic carbocycles. The van der Waals surface area contributed by atoms with Crippen LogP contribution in [0.1, 0.15) is 12.8 Å². The molecule has 1 aliphatic rings. The van der Waals surface area contributed by atoms with Crippen LogP contribution in [0.15, 0.2) is 27.6 Å². The van der Waals surface area contributed by atoms with Crippen LogP contribution in [-0.2, 0) is 14.6 Å². The highest BCUT2D eigenvalue weighted by Crippen LogP contribution is 2.38. The Morgan fingerprint density at radius 2 is 2.21 bits per heavy atom. The topological polar surface area (TPSA) is 74.7 Å². The third kappa shape index (κ3) is 2.76. The number of para-hydroxylation sites is 1. The molecule has 1 unspecified atom stereocenters. The zero-order valence-corrected chi connectivity index (χ0v) is 12.7. The van der Waals surface area contributed by atoms with E-state index in [1.54, 1.807) is 25.2 Å². The van der Waals surface area contributed by atoms with E-state index < -0.39 is 15.8 Å². The molecule has 1 aliphatic heterocycles. The summed E-state index contributed by atoms with van der Waals surface area (Å²) < 4.78 is 25.2. The van der Waals surface area contributed by atoms with Crippen LogP contribution < -0.4 is 4.90 Å². The number of fused-ring (bicyclic) bond motifs is 1. The van der Waals surface area contributed by atoms with Crippen molar-refractivity contribution in [2.24, 2.45) is 0 Å². The van der Waals surface area contributed by atoms with E-state index in [1.165, 1.54) is 0 Å². The third-order valence-corrected chi connectivity index (χ3v) is 5.75. The number of rotatable bonds is 3. The van der Waals surface area contributed by atoms with Crippen molar-refractivity contribution < 1.29 is 18.3 Å². The summed E-state index contributed by atoms with van der Waals surface area (Å²) in [6.07, 6.45) is 0.274. The van der Waals surface area contributed by atoms with Gasteiger partial charge in [0.15, 0.2) is 9.84 Å². The van der Waals surface area contributed by atoms with Gasteiger partial charge in [-0.05, 0) is 34.5 Å². The predicted octanol–water partition coefficient (Wildman–Crippen LogP) is 1.91. The fraction of sp³-hybridized carbons (Fsp3) is 0.417. The summed E-state index contributed by atoms with van der Waals surface area (Å²) in [4.78, 5) is 12.8. The first-order chi connectivity index (χ1) is 8.83. The average Bonchev–Trinajstić information content (AvgIpc) is 2.32. The van der Waals surface area contributed by atoms with E-state index in [1.807, 2.05) is 4.90 Å². The van der Waals surface area contributed by atoms with E-state index in [9.17, 15) is 13.2 Å². The number of nitrogens with zero attached hydrogens (tertiary/aromatic N) is 1. The fourth-order valence-electron chi connectivity index (χ4n) is 2.29. The van der Waals surface area contributed by atoms with Gasteiger partial charge in [-0.1, -0.05) is 6.07 Å². The van der Waals surface area contributed by atoms with Crippen LogP contribution in [0.25, 0.3) is 0 Å². The first-order valence-corrected chi connectivity index (χ1v) is 8.23. The average molecular weight is 348 g/mol. The molecule has 0 bridgehead atoms. The van der Waals surface area contributed by atoms with Crippen molar-refractivity contribution in [3.63, 3.8) is 0 Å². The smallest absolute Gasteiger partial charge is 0.303 e. The number of halogens is 1. The molecule has 0 fully saturated rings. The molecule has 104 valence electrons. The van der Waals surface area contributed by atoms with Gasteiger partial charge in [-0.3, -0.25) is 4.79 Å². The summed E-state index contributed by atoms with van der Waals surface area (Å²) in [6.45, 7) is 0. The molecule has 0 amide bonds. The van der Waals surface area contributed by atoms with Gasteiger partial charge in [0.25, 0.3) is 0 Å². The highest BCUT2D eigenvalue weighted by Gasteiger charge is 2.35. The summed E-state index contributed by atoms with van der Waals surface area (Å²) >= 11 is 3.36. The van der Waals surface area contributed by atoms with Crippen LogP contribution in [-0.4, -0.2) is 38.3 Å². The van der Waals surface area contributed by atoms with Crippen LogP contribution in [0.2, 0.25) is 0 Å². The third-order valence-electron chi connectivity index (χ3n) is 3.29. The van der Waals surface area contributed by atoms with Crippen molar-refractivity contribution in [2.45, 2.75) is 23.8 Å². The van der Waals surface area contributed by atoms with Gasteiger partial charge in [-0.25, -0.2) is 8.42 Å². The summed E-state index contributed by atoms with van der Waals surface area (Å²) in [7, 11) is -1.56. The lowest BCUT2D eigenvalue weighted by Gasteiger charge is -2.36. The predicted molar refractivity (Wildman–Crippen MR) is 75.3 cm³/mol. The Kier molecular flexibility index (Phi) is 3.87. The second kappa shape index (κ2) is 5.13. The molecule has 7 heteroatoms. The maximum Gasteiger partial charge on any atom is 0.303 e. The first-order valence-electron chi connectivity index (χ1n) is 5.79. The van der Waals surface area contributed by atoms with Crippen molar-refractivity contribution in [3.05, 3.63) is 22.7 Å². The van der Waals surface area contributed by atoms with E-state index in [0.717, 1.165) is 0 Å². The number of carboxylic acid groups (broad SMARTS) is 1. The normalized spacial score (nSPS) is 20.9. The summed E-state index contributed by atoms with van der Waals surface area (Å²) in [5.74, 6) is -0.955. The second-order valence-electron chi connectivity index (χ2n) is 4.57. The van der Waals surface area contributed by atoms with Gasteiger partial charge in [0, 0.05) is 24.0 Å². The molecular weight excluding hydrogens is 334 g/mol. The molecule has 0 spiro atoms. The van der Waals surface area contributed by atoms with Crippen molar-refractivity contribution in [1.29, 1.82) is 0 Å². The van der Waals surface area contributed by atoms with Gasteiger partial charge in [0.05, 0.1) is 16.3 Å². The molecule has 0 saturated heterocycles. The Labute approximate surface area is 120 Å². The van der Waals surface area contributed by atoms with Crippen LogP contribution in [0, 0.1) is 0 Å². The highest BCUT2D eigenvalue weighted by molar-refractivity contribution is 9.10. The molecule has 0 aromatic heterocycles. The Hall–Kier alpha value is -1.08. The lowest BCUT2D eigenvalue weighted by molar-refractivity contribution is -0.137.